The van der Waals surface area contributed by atoms with Crippen LogP contribution in [0, 0.1) is 5.41 Å². The molecule has 0 atom stereocenters. The standard InChI is InChI=1S/C9H16N2/c1-4-8-5-11(7(2)3)6-9(8)10/h4,7,10H,5-6H2,1-3H3/b8-4-,10-9?. The molecular weight excluding hydrogens is 136 g/mol. The van der Waals surface area contributed by atoms with E-state index in [0.29, 0.717) is 6.04 Å². The fraction of sp³-hybridized carbons (Fsp3) is 0.667. The van der Waals surface area contributed by atoms with Crippen LogP contribution in [0.2, 0.25) is 0 Å². The van der Waals surface area contributed by atoms with Gasteiger partial charge in [0.15, 0.2) is 0 Å². The lowest BCUT2D eigenvalue weighted by Crippen LogP contribution is -2.28. The molecule has 2 heteroatoms. The normalized spacial score (nSPS) is 24.0. The third-order valence-corrected chi connectivity index (χ3v) is 2.20. The number of nitrogens with one attached hydrogen (secondary N) is 1. The van der Waals surface area contributed by atoms with E-state index in [9.17, 15) is 0 Å². The SMILES string of the molecule is C/C=C1/CN(C(C)C)CC1=N. The summed E-state index contributed by atoms with van der Waals surface area (Å²) in [5, 5.41) is 7.62. The van der Waals surface area contributed by atoms with Crippen LogP contribution in [0.4, 0.5) is 0 Å². The van der Waals surface area contributed by atoms with Crippen LogP contribution >= 0.6 is 0 Å². The van der Waals surface area contributed by atoms with E-state index in [1.54, 1.807) is 0 Å². The predicted octanol–water partition coefficient (Wildman–Crippen LogP) is 1.68. The molecule has 0 saturated carbocycles. The minimum absolute atomic E-state index is 0.563. The Morgan fingerprint density at radius 1 is 1.45 bits per heavy atom. The molecule has 1 aliphatic rings. The number of hydrogen-bond donors (Lipinski definition) is 1. The zero-order chi connectivity index (χ0) is 8.43. The topological polar surface area (TPSA) is 27.1 Å². The summed E-state index contributed by atoms with van der Waals surface area (Å²) in [6.45, 7) is 8.15. The van der Waals surface area contributed by atoms with Crippen molar-refractivity contribution in [3.63, 3.8) is 0 Å². The van der Waals surface area contributed by atoms with Crippen molar-refractivity contribution in [1.82, 2.24) is 4.90 Å². The molecule has 62 valence electrons. The Bertz CT molecular complexity index is 192. The molecule has 1 aliphatic heterocycles. The van der Waals surface area contributed by atoms with Gasteiger partial charge >= 0.3 is 0 Å². The number of hydrogen-bond acceptors (Lipinski definition) is 2. The first-order valence-corrected chi connectivity index (χ1v) is 4.12. The second-order valence-electron chi connectivity index (χ2n) is 3.29. The maximum atomic E-state index is 7.62. The molecule has 11 heavy (non-hydrogen) atoms. The number of allylic oxidation sites excluding steroid dienone is 1. The Morgan fingerprint density at radius 3 is 2.36 bits per heavy atom. The van der Waals surface area contributed by atoms with Crippen LogP contribution in [-0.4, -0.2) is 29.7 Å². The van der Waals surface area contributed by atoms with Crippen molar-refractivity contribution >= 4 is 5.71 Å². The Balaban J connectivity index is 2.64. The van der Waals surface area contributed by atoms with Gasteiger partial charge in [-0.3, -0.25) is 4.90 Å². The fourth-order valence-electron chi connectivity index (χ4n) is 1.31. The Labute approximate surface area is 68.4 Å². The van der Waals surface area contributed by atoms with Crippen molar-refractivity contribution in [3.05, 3.63) is 11.6 Å². The van der Waals surface area contributed by atoms with E-state index in [1.165, 1.54) is 5.57 Å². The second-order valence-corrected chi connectivity index (χ2v) is 3.29. The molecule has 1 N–H and O–H groups in total. The number of rotatable bonds is 1. The first kappa shape index (κ1) is 8.47. The monoisotopic (exact) mass is 152 g/mol. The van der Waals surface area contributed by atoms with Gasteiger partial charge in [0.2, 0.25) is 0 Å². The van der Waals surface area contributed by atoms with Crippen molar-refractivity contribution in [1.29, 1.82) is 5.41 Å². The third kappa shape index (κ3) is 1.69. The molecule has 1 rings (SSSR count). The Hall–Kier alpha value is -0.630. The van der Waals surface area contributed by atoms with Gasteiger partial charge in [-0.2, -0.15) is 0 Å². The van der Waals surface area contributed by atoms with E-state index in [2.05, 4.69) is 18.7 Å². The molecule has 0 amide bonds. The van der Waals surface area contributed by atoms with E-state index in [-0.39, 0.29) is 0 Å². The van der Waals surface area contributed by atoms with Crippen molar-refractivity contribution < 1.29 is 0 Å². The van der Waals surface area contributed by atoms with E-state index in [1.807, 2.05) is 13.0 Å². The smallest absolute Gasteiger partial charge is 0.0496 e. The summed E-state index contributed by atoms with van der Waals surface area (Å²) in [6.07, 6.45) is 2.05. The predicted molar refractivity (Wildman–Crippen MR) is 48.2 cm³/mol. The Kier molecular flexibility index (Phi) is 2.45. The highest BCUT2D eigenvalue weighted by atomic mass is 15.2. The minimum Gasteiger partial charge on any atom is -0.304 e. The highest BCUT2D eigenvalue weighted by molar-refractivity contribution is 6.01. The van der Waals surface area contributed by atoms with Crippen molar-refractivity contribution in [2.45, 2.75) is 26.8 Å². The lowest BCUT2D eigenvalue weighted by atomic mass is 10.2. The van der Waals surface area contributed by atoms with E-state index < -0.39 is 0 Å². The summed E-state index contributed by atoms with van der Waals surface area (Å²) in [5.41, 5.74) is 1.99. The van der Waals surface area contributed by atoms with Gasteiger partial charge in [0.1, 0.15) is 0 Å². The average Bonchev–Trinajstić information content (AvgIpc) is 2.31. The van der Waals surface area contributed by atoms with Crippen LogP contribution in [0.1, 0.15) is 20.8 Å². The van der Waals surface area contributed by atoms with Gasteiger partial charge in [0.25, 0.3) is 0 Å². The van der Waals surface area contributed by atoms with Crippen LogP contribution in [0.5, 0.6) is 0 Å². The van der Waals surface area contributed by atoms with Crippen LogP contribution in [0.25, 0.3) is 0 Å². The van der Waals surface area contributed by atoms with Gasteiger partial charge in [0, 0.05) is 24.8 Å². The molecule has 0 bridgehead atoms. The van der Waals surface area contributed by atoms with Crippen molar-refractivity contribution in [2.24, 2.45) is 0 Å². The molecule has 0 spiro atoms. The number of likely N-dealkylation sites (tertiary alicyclic amines) is 1. The summed E-state index contributed by atoms with van der Waals surface area (Å²) in [7, 11) is 0. The van der Waals surface area contributed by atoms with Gasteiger partial charge in [-0.05, 0) is 26.3 Å². The molecule has 1 heterocycles. The highest BCUT2D eigenvalue weighted by Crippen LogP contribution is 2.13. The minimum atomic E-state index is 0.563. The molecule has 2 nitrogen and oxygen atoms in total. The van der Waals surface area contributed by atoms with E-state index >= 15 is 0 Å². The summed E-state index contributed by atoms with van der Waals surface area (Å²) in [6, 6.07) is 0.563. The molecular formula is C9H16N2. The van der Waals surface area contributed by atoms with Crippen LogP contribution in [-0.2, 0) is 0 Å². The van der Waals surface area contributed by atoms with E-state index in [0.717, 1.165) is 18.8 Å². The lowest BCUT2D eigenvalue weighted by molar-refractivity contribution is 0.294. The molecule has 1 fully saturated rings. The summed E-state index contributed by atoms with van der Waals surface area (Å²) >= 11 is 0. The van der Waals surface area contributed by atoms with Gasteiger partial charge in [-0.25, -0.2) is 0 Å². The van der Waals surface area contributed by atoms with Crippen LogP contribution in [0.15, 0.2) is 11.6 Å². The lowest BCUT2D eigenvalue weighted by Gasteiger charge is -2.17. The highest BCUT2D eigenvalue weighted by Gasteiger charge is 2.22. The second kappa shape index (κ2) is 3.18. The quantitative estimate of drug-likeness (QED) is 0.608. The van der Waals surface area contributed by atoms with Gasteiger partial charge in [0.05, 0.1) is 0 Å². The maximum Gasteiger partial charge on any atom is 0.0496 e. The molecule has 0 aromatic heterocycles. The van der Waals surface area contributed by atoms with Crippen LogP contribution in [0.3, 0.4) is 0 Å². The average molecular weight is 152 g/mol. The Morgan fingerprint density at radius 2 is 2.09 bits per heavy atom. The first-order valence-electron chi connectivity index (χ1n) is 4.12. The summed E-state index contributed by atoms with van der Waals surface area (Å²) in [5.74, 6) is 0. The van der Waals surface area contributed by atoms with Gasteiger partial charge in [-0.15, -0.1) is 0 Å². The van der Waals surface area contributed by atoms with E-state index in [4.69, 9.17) is 5.41 Å². The fourth-order valence-corrected chi connectivity index (χ4v) is 1.31. The third-order valence-electron chi connectivity index (χ3n) is 2.20. The first-order chi connectivity index (χ1) is 5.15. The zero-order valence-electron chi connectivity index (χ0n) is 7.52. The van der Waals surface area contributed by atoms with Gasteiger partial charge in [-0.1, -0.05) is 6.08 Å². The summed E-state index contributed by atoms with van der Waals surface area (Å²) < 4.78 is 0. The maximum absolute atomic E-state index is 7.62. The largest absolute Gasteiger partial charge is 0.304 e. The molecule has 0 aliphatic carbocycles. The molecule has 0 aromatic rings. The number of nitrogens with zero attached hydrogens (tertiary/aromatic N) is 1. The summed E-state index contributed by atoms with van der Waals surface area (Å²) in [4.78, 5) is 2.30. The molecule has 0 radical (unpaired) electrons. The van der Waals surface area contributed by atoms with Crippen molar-refractivity contribution in [3.8, 4) is 0 Å². The molecule has 0 unspecified atom stereocenters. The molecule has 0 aromatic carbocycles. The van der Waals surface area contributed by atoms with Crippen molar-refractivity contribution in [2.75, 3.05) is 13.1 Å². The van der Waals surface area contributed by atoms with Gasteiger partial charge < -0.3 is 5.41 Å². The van der Waals surface area contributed by atoms with Crippen LogP contribution < -0.4 is 0 Å². The molecule has 1 saturated heterocycles. The zero-order valence-corrected chi connectivity index (χ0v) is 7.52.